The van der Waals surface area contributed by atoms with Crippen LogP contribution in [0.25, 0.3) is 160 Å². The van der Waals surface area contributed by atoms with Crippen LogP contribution < -0.4 is 21.3 Å². The molecule has 96 heavy (non-hydrogen) atoms. The number of aromatic amines is 1. The van der Waals surface area contributed by atoms with Crippen LogP contribution in [0.3, 0.4) is 0 Å². The summed E-state index contributed by atoms with van der Waals surface area (Å²) >= 11 is 0. The smallest absolute Gasteiger partial charge is 0.252 e. The van der Waals surface area contributed by atoms with Gasteiger partial charge in [0.2, 0.25) is 0 Å². The van der Waals surface area contributed by atoms with Gasteiger partial charge in [0.15, 0.2) is 0 Å². The number of hydrogen-bond donors (Lipinski definition) is 1. The molecule has 4 aromatic heterocycles. The lowest BCUT2D eigenvalue weighted by atomic mass is 9.33. The molecule has 0 radical (unpaired) electrons. The van der Waals surface area contributed by atoms with E-state index in [0.29, 0.717) is 66.5 Å². The van der Waals surface area contributed by atoms with Gasteiger partial charge < -0.3 is 23.6 Å². The Bertz CT molecular complexity index is 7600. The van der Waals surface area contributed by atoms with Crippen molar-refractivity contribution in [2.75, 3.05) is 4.90 Å². The zero-order valence-electron chi connectivity index (χ0n) is 71.5. The Morgan fingerprint density at radius 1 is 0.302 bits per heavy atom. The lowest BCUT2D eigenvalue weighted by molar-refractivity contribution is 1.16. The van der Waals surface area contributed by atoms with Crippen LogP contribution in [0.4, 0.5) is 17.1 Å². The van der Waals surface area contributed by atoms with Crippen molar-refractivity contribution >= 4 is 127 Å². The number of benzene rings is 15. The van der Waals surface area contributed by atoms with Gasteiger partial charge in [0.05, 0.1) is 73.1 Å². The fourth-order valence-electron chi connectivity index (χ4n) is 15.6. The average Bonchev–Trinajstić information content (AvgIpc) is 1.58. The molecule has 0 saturated heterocycles. The number of rotatable bonds is 8. The molecule has 0 aliphatic carbocycles. The summed E-state index contributed by atoms with van der Waals surface area (Å²) in [6, 6.07) is 55.7. The number of nitrogens with zero attached hydrogens (tertiary/aromatic N) is 4. The molecule has 0 spiro atoms. The lowest BCUT2D eigenvalue weighted by Gasteiger charge is -2.41. The molecule has 0 bridgehead atoms. The summed E-state index contributed by atoms with van der Waals surface area (Å²) in [7, 11) is 0. The van der Waals surface area contributed by atoms with Gasteiger partial charge in [-0.1, -0.05) is 254 Å². The van der Waals surface area contributed by atoms with Crippen LogP contribution in [0, 0.1) is 0 Å². The fraction of sp³-hybridized carbons (Fsp3) is 0. The monoisotopic (exact) mass is 1240 g/mol. The van der Waals surface area contributed by atoms with Gasteiger partial charge in [0.1, 0.15) is 0 Å². The van der Waals surface area contributed by atoms with E-state index in [2.05, 4.69) is 69.0 Å². The molecule has 0 atom stereocenters. The first-order valence-electron chi connectivity index (χ1n) is 42.0. The molecule has 6 heteroatoms. The normalized spacial score (nSPS) is 15.6. The van der Waals surface area contributed by atoms with Crippen molar-refractivity contribution in [3.63, 3.8) is 0 Å². The highest BCUT2D eigenvalue weighted by Gasteiger charge is 2.44. The summed E-state index contributed by atoms with van der Waals surface area (Å²) < 4.78 is 201. The minimum Gasteiger partial charge on any atom is -0.354 e. The molecule has 21 rings (SSSR count). The maximum absolute atomic E-state index is 9.86. The first kappa shape index (κ1) is 36.6. The number of anilines is 3. The Morgan fingerprint density at radius 3 is 1.49 bits per heavy atom. The number of nitrogens with one attached hydrogen (secondary N) is 1. The summed E-state index contributed by atoms with van der Waals surface area (Å²) in [5.41, 5.74) is 14.4. The Balaban J connectivity index is 0.959. The van der Waals surface area contributed by atoms with E-state index in [0.717, 1.165) is 60.8 Å². The van der Waals surface area contributed by atoms with Crippen molar-refractivity contribution in [2.24, 2.45) is 0 Å². The van der Waals surface area contributed by atoms with Gasteiger partial charge >= 0.3 is 0 Å². The van der Waals surface area contributed by atoms with Crippen molar-refractivity contribution in [2.45, 2.75) is 0 Å². The Labute approximate surface area is 583 Å². The van der Waals surface area contributed by atoms with E-state index < -0.39 is 134 Å². The maximum atomic E-state index is 9.86. The Morgan fingerprint density at radius 2 is 0.833 bits per heavy atom. The van der Waals surface area contributed by atoms with Gasteiger partial charge in [-0.25, -0.2) is 0 Å². The number of aromatic nitrogens is 4. The van der Waals surface area contributed by atoms with E-state index in [4.69, 9.17) is 9.60 Å². The second-order valence-electron chi connectivity index (χ2n) is 24.4. The standard InChI is InChI=1S/C90H56BN5/c1-4-23-56(24-5-1)58-43-46-61(47-44-58)95-84-54-62(93-79-39-18-14-33-68(79)69-34-15-19-40-80(69)93)48-49-76(84)91-77-53-63(94-81-41-20-16-35-70(81)71-36-17-21-42-82(71)94)52-75-74-51-60(57-25-6-2-7-26-57)45-50-83(74)96(89(75)77)85-55-78-86(90(95)87(85)91)73-38-22-37-72(88(73)92-78)67-32-13-12-31-66(67)65-30-11-10-29-64(65)59-27-8-3-9-28-59/h1-55,92H/i2D,6D,7D,14D,15D,16D,17D,18D,19D,20D,21D,25D,26D,33D,34D,35D,36D,39D,40D,41D,42D. The van der Waals surface area contributed by atoms with E-state index >= 15 is 0 Å². The predicted molar refractivity (Wildman–Crippen MR) is 405 cm³/mol. The van der Waals surface area contributed by atoms with Crippen molar-refractivity contribution < 1.29 is 28.8 Å². The first-order chi connectivity index (χ1) is 56.4. The lowest BCUT2D eigenvalue weighted by Crippen LogP contribution is -2.60. The van der Waals surface area contributed by atoms with Gasteiger partial charge in [-0.2, -0.15) is 0 Å². The summed E-state index contributed by atoms with van der Waals surface area (Å²) in [6.07, 6.45) is 0. The van der Waals surface area contributed by atoms with Crippen molar-refractivity contribution in [1.29, 1.82) is 0 Å². The number of fused-ring (bicyclic) bond motifs is 17. The van der Waals surface area contributed by atoms with Crippen LogP contribution in [0.2, 0.25) is 0 Å². The summed E-state index contributed by atoms with van der Waals surface area (Å²) in [5, 5.41) is 1.87. The van der Waals surface area contributed by atoms with Crippen molar-refractivity contribution in [3.05, 3.63) is 333 Å². The molecule has 15 aromatic carbocycles. The Kier molecular flexibility index (Phi) is 7.78. The van der Waals surface area contributed by atoms with Crippen LogP contribution in [0.15, 0.2) is 333 Å². The molecule has 0 fully saturated rings. The number of H-pyrrole nitrogens is 1. The molecule has 2 aliphatic rings. The van der Waals surface area contributed by atoms with E-state index in [1.165, 1.54) is 9.13 Å². The van der Waals surface area contributed by atoms with Gasteiger partial charge in [0.25, 0.3) is 6.71 Å². The molecule has 0 saturated carbocycles. The number of hydrogen-bond acceptors (Lipinski definition) is 1. The van der Waals surface area contributed by atoms with E-state index in [9.17, 15) is 19.2 Å². The van der Waals surface area contributed by atoms with E-state index in [1.807, 2.05) is 127 Å². The summed E-state index contributed by atoms with van der Waals surface area (Å²) in [4.78, 5) is 6.18. The third kappa shape index (κ3) is 7.58. The highest BCUT2D eigenvalue weighted by molar-refractivity contribution is 7.00. The molecular weight excluding hydrogens is 1160 g/mol. The molecule has 2 aliphatic heterocycles. The van der Waals surface area contributed by atoms with Crippen molar-refractivity contribution in [3.8, 4) is 72.7 Å². The van der Waals surface area contributed by atoms with Crippen LogP contribution in [0.1, 0.15) is 28.8 Å². The topological polar surface area (TPSA) is 33.8 Å². The van der Waals surface area contributed by atoms with E-state index in [-0.39, 0.29) is 66.1 Å². The molecule has 6 heterocycles. The Hall–Kier alpha value is -12.6. The van der Waals surface area contributed by atoms with Gasteiger partial charge in [-0.15, -0.1) is 0 Å². The third-order valence-corrected chi connectivity index (χ3v) is 19.5. The van der Waals surface area contributed by atoms with Crippen LogP contribution in [-0.4, -0.2) is 25.4 Å². The molecule has 0 amide bonds. The number of para-hydroxylation sites is 5. The molecular formula is C90H56BN5. The molecule has 19 aromatic rings. The SMILES string of the molecule is [2H]c1c([2H])c([2H])c(-c2ccc3c(c2)c2cc(-n4c5c([2H])c([2H])c([2H])c([2H])c5c5c([2H])c([2H])c([2H])c([2H])c54)cc4c2n3-c2cc3[nH]c5c(-c6ccccc6-c6ccccc6-c6ccccc6)cccc5c3c3c2B4c2ccc(-n4c5c([2H])c([2H])c([2H])c([2H])c5c5c([2H])c([2H])c([2H])c([2H])c54)cc2N3c2ccc(-c3ccccc3)cc2)c([2H])c1[2H]. The second kappa shape index (κ2) is 20.4. The zero-order valence-corrected chi connectivity index (χ0v) is 50.5. The van der Waals surface area contributed by atoms with Crippen LogP contribution >= 0.6 is 0 Å². The highest BCUT2D eigenvalue weighted by Crippen LogP contribution is 2.51. The van der Waals surface area contributed by atoms with Gasteiger partial charge in [0, 0.05) is 82.6 Å². The maximum Gasteiger partial charge on any atom is 0.252 e. The third-order valence-electron chi connectivity index (χ3n) is 19.5. The summed E-state index contributed by atoms with van der Waals surface area (Å²) in [5.74, 6) is 0. The van der Waals surface area contributed by atoms with Crippen LogP contribution in [-0.2, 0) is 0 Å². The second-order valence-corrected chi connectivity index (χ2v) is 24.4. The molecule has 0 unspecified atom stereocenters. The van der Waals surface area contributed by atoms with Crippen molar-refractivity contribution in [1.82, 2.24) is 18.7 Å². The predicted octanol–water partition coefficient (Wildman–Crippen LogP) is 21.6. The minimum atomic E-state index is -0.949. The average molecular weight is 1240 g/mol. The highest BCUT2D eigenvalue weighted by atomic mass is 15.2. The molecule has 5 nitrogen and oxygen atoms in total. The van der Waals surface area contributed by atoms with Crippen LogP contribution in [0.5, 0.6) is 0 Å². The summed E-state index contributed by atoms with van der Waals surface area (Å²) in [6.45, 7) is -0.949. The first-order valence-corrected chi connectivity index (χ1v) is 31.5. The van der Waals surface area contributed by atoms with E-state index in [1.54, 1.807) is 24.3 Å². The molecule has 1 N–H and O–H groups in total. The van der Waals surface area contributed by atoms with Gasteiger partial charge in [-0.05, 0) is 145 Å². The molecule has 444 valence electrons. The fourth-order valence-corrected chi connectivity index (χ4v) is 15.6. The quantitative estimate of drug-likeness (QED) is 0.151. The minimum absolute atomic E-state index is 0.0864. The van der Waals surface area contributed by atoms with Gasteiger partial charge in [-0.3, -0.25) is 0 Å². The zero-order chi connectivity index (χ0) is 81.0. The largest absolute Gasteiger partial charge is 0.354 e.